The van der Waals surface area contributed by atoms with E-state index in [9.17, 15) is 9.90 Å². The molecule has 7 nitrogen and oxygen atoms in total. The molecule has 8 heteroatoms. The van der Waals surface area contributed by atoms with Crippen molar-refractivity contribution in [3.8, 4) is 0 Å². The van der Waals surface area contributed by atoms with Crippen LogP contribution in [-0.4, -0.2) is 48.0 Å². The number of rotatable bonds is 5. The van der Waals surface area contributed by atoms with Crippen molar-refractivity contribution in [3.05, 3.63) is 17.8 Å². The third kappa shape index (κ3) is 4.40. The fraction of sp³-hybridized carbons (Fsp3) is 0.722. The molecule has 3 fully saturated rings. The number of carbonyl (C=O) groups excluding carboxylic acids is 1. The summed E-state index contributed by atoms with van der Waals surface area (Å²) < 4.78 is 5.47. The summed E-state index contributed by atoms with van der Waals surface area (Å²) in [7, 11) is 0. The van der Waals surface area contributed by atoms with Crippen LogP contribution in [0.25, 0.3) is 0 Å². The van der Waals surface area contributed by atoms with Gasteiger partial charge in [-0.05, 0) is 68.5 Å². The van der Waals surface area contributed by atoms with Crippen molar-refractivity contribution in [3.63, 3.8) is 0 Å². The van der Waals surface area contributed by atoms with Crippen LogP contribution in [0.4, 0.5) is 5.82 Å². The van der Waals surface area contributed by atoms with Crippen LogP contribution >= 0.6 is 0 Å². The molecule has 4 rings (SSSR count). The first-order valence-electron chi connectivity index (χ1n) is 9.32. The average molecular weight is 352 g/mol. The zero-order valence-electron chi connectivity index (χ0n) is 15.3. The van der Waals surface area contributed by atoms with Crippen molar-refractivity contribution in [2.45, 2.75) is 44.2 Å². The number of aromatic nitrogens is 2. The van der Waals surface area contributed by atoms with E-state index >= 15 is 0 Å². The molecule has 3 heterocycles. The van der Waals surface area contributed by atoms with Gasteiger partial charge >= 0.3 is 18.9 Å². The predicted molar refractivity (Wildman–Crippen MR) is 89.9 cm³/mol. The van der Waals surface area contributed by atoms with Crippen LogP contribution in [0.1, 0.15) is 42.6 Å². The second-order valence-corrected chi connectivity index (χ2v) is 7.63. The van der Waals surface area contributed by atoms with Gasteiger partial charge in [-0.2, -0.15) is 0 Å². The molecule has 26 heavy (non-hydrogen) atoms. The molecular formula is C18H25LiN4O3. The van der Waals surface area contributed by atoms with E-state index in [-0.39, 0.29) is 24.6 Å². The van der Waals surface area contributed by atoms with Gasteiger partial charge in [-0.3, -0.25) is 0 Å². The van der Waals surface area contributed by atoms with E-state index in [0.29, 0.717) is 17.9 Å². The van der Waals surface area contributed by atoms with Gasteiger partial charge in [-0.25, -0.2) is 0 Å². The third-order valence-corrected chi connectivity index (χ3v) is 6.06. The summed E-state index contributed by atoms with van der Waals surface area (Å²) in [6.07, 6.45) is 5.91. The fourth-order valence-corrected chi connectivity index (χ4v) is 4.78. The number of carbonyl (C=O) groups is 1. The molecule has 1 saturated carbocycles. The van der Waals surface area contributed by atoms with Gasteiger partial charge in [0.25, 0.3) is 0 Å². The molecule has 2 saturated heterocycles. The van der Waals surface area contributed by atoms with Gasteiger partial charge in [0.1, 0.15) is 11.5 Å². The van der Waals surface area contributed by atoms with Crippen molar-refractivity contribution in [1.82, 2.24) is 15.5 Å². The van der Waals surface area contributed by atoms with Crippen molar-refractivity contribution < 1.29 is 33.5 Å². The van der Waals surface area contributed by atoms with Gasteiger partial charge in [-0.1, -0.05) is 0 Å². The Morgan fingerprint density at radius 2 is 2.08 bits per heavy atom. The Hall–Kier alpha value is -1.13. The topological polar surface area (TPSA) is 99.2 Å². The van der Waals surface area contributed by atoms with E-state index in [2.05, 4.69) is 20.8 Å². The maximum atomic E-state index is 10.7. The van der Waals surface area contributed by atoms with Gasteiger partial charge in [0.15, 0.2) is 0 Å². The van der Waals surface area contributed by atoms with Crippen LogP contribution in [0, 0.1) is 17.8 Å². The van der Waals surface area contributed by atoms with Crippen molar-refractivity contribution >= 4 is 11.8 Å². The molecule has 0 bridgehead atoms. The monoisotopic (exact) mass is 352 g/mol. The molecule has 4 atom stereocenters. The van der Waals surface area contributed by atoms with E-state index < -0.39 is 5.97 Å². The summed E-state index contributed by atoms with van der Waals surface area (Å²) in [5.74, 6) is 1.58. The number of carboxylic acids is 1. The molecule has 0 radical (unpaired) electrons. The second-order valence-electron chi connectivity index (χ2n) is 7.63. The average Bonchev–Trinajstić information content (AvgIpc) is 3.18. The summed E-state index contributed by atoms with van der Waals surface area (Å²) in [5, 5.41) is 25.6. The van der Waals surface area contributed by atoms with Gasteiger partial charge < -0.3 is 25.3 Å². The first-order valence-corrected chi connectivity index (χ1v) is 9.32. The van der Waals surface area contributed by atoms with Crippen LogP contribution in [0.2, 0.25) is 0 Å². The minimum Gasteiger partial charge on any atom is -0.543 e. The number of aromatic carboxylic acids is 1. The Balaban J connectivity index is 0.00000196. The summed E-state index contributed by atoms with van der Waals surface area (Å²) in [6, 6.07) is 4.11. The fourth-order valence-electron chi connectivity index (χ4n) is 4.78. The number of carboxylic acid groups (broad SMARTS) is 1. The maximum Gasteiger partial charge on any atom is 1.00 e. The molecule has 1 aromatic heterocycles. The quantitative estimate of drug-likeness (QED) is 0.563. The number of fused-ring (bicyclic) bond motifs is 1. The second kappa shape index (κ2) is 8.70. The predicted octanol–water partition coefficient (Wildman–Crippen LogP) is -2.56. The minimum atomic E-state index is -1.29. The standard InChI is InChI=1S/C18H26N4O3.Li/c23-18(24)15-1-2-17(22-21-15)20-13-8-12-10-19-16(14(12)9-13)7-11-3-5-25-6-4-11;/h1-2,11-14,16,19H,3-10H2,(H,20,22)(H,23,24);/q;+1/p-1/t12-,13+,14+,16+;/m1./s1. The number of hydrogen-bond donors (Lipinski definition) is 2. The zero-order chi connectivity index (χ0) is 17.2. The summed E-state index contributed by atoms with van der Waals surface area (Å²) >= 11 is 0. The van der Waals surface area contributed by atoms with E-state index in [1.165, 1.54) is 25.3 Å². The van der Waals surface area contributed by atoms with E-state index in [1.54, 1.807) is 6.07 Å². The Morgan fingerprint density at radius 3 is 2.77 bits per heavy atom. The van der Waals surface area contributed by atoms with Gasteiger partial charge in [0.2, 0.25) is 0 Å². The molecule has 2 aliphatic heterocycles. The van der Waals surface area contributed by atoms with Gasteiger partial charge in [0, 0.05) is 25.3 Å². The molecule has 1 aliphatic carbocycles. The molecule has 0 amide bonds. The smallest absolute Gasteiger partial charge is 0.543 e. The van der Waals surface area contributed by atoms with E-state index in [1.807, 2.05) is 0 Å². The van der Waals surface area contributed by atoms with Crippen LogP contribution in [0.15, 0.2) is 12.1 Å². The Kier molecular flexibility index (Phi) is 6.57. The number of hydrogen-bond acceptors (Lipinski definition) is 7. The normalized spacial score (nSPS) is 31.2. The SMILES string of the molecule is O=C([O-])c1ccc(N[C@H]2C[C@@H]3CN[C@@H](CC4CCOCC4)[C@H]3C2)nn1.[Li+]. The first-order chi connectivity index (χ1) is 12.2. The van der Waals surface area contributed by atoms with Crippen molar-refractivity contribution in [2.24, 2.45) is 17.8 Å². The minimum absolute atomic E-state index is 0. The summed E-state index contributed by atoms with van der Waals surface area (Å²) in [5.41, 5.74) is -0.130. The Bertz CT molecular complexity index is 609. The molecule has 136 valence electrons. The van der Waals surface area contributed by atoms with Gasteiger partial charge in [-0.15, -0.1) is 10.2 Å². The number of anilines is 1. The van der Waals surface area contributed by atoms with Gasteiger partial charge in [0.05, 0.1) is 5.97 Å². The first kappa shape index (κ1) is 19.6. The molecule has 1 aromatic rings. The zero-order valence-corrected chi connectivity index (χ0v) is 15.3. The summed E-state index contributed by atoms with van der Waals surface area (Å²) in [4.78, 5) is 10.7. The maximum absolute atomic E-state index is 10.7. The van der Waals surface area contributed by atoms with Crippen LogP contribution < -0.4 is 34.6 Å². The van der Waals surface area contributed by atoms with E-state index in [4.69, 9.17) is 4.74 Å². The number of nitrogens with one attached hydrogen (secondary N) is 2. The molecule has 0 unspecified atom stereocenters. The molecule has 2 N–H and O–H groups in total. The molecule has 0 aromatic carbocycles. The third-order valence-electron chi connectivity index (χ3n) is 6.06. The van der Waals surface area contributed by atoms with E-state index in [0.717, 1.165) is 50.4 Å². The number of nitrogens with zero attached hydrogens (tertiary/aromatic N) is 2. The summed E-state index contributed by atoms with van der Waals surface area (Å²) in [6.45, 7) is 2.93. The van der Waals surface area contributed by atoms with Crippen molar-refractivity contribution in [1.29, 1.82) is 0 Å². The molecule has 0 spiro atoms. The molecule has 3 aliphatic rings. The Morgan fingerprint density at radius 1 is 1.27 bits per heavy atom. The van der Waals surface area contributed by atoms with Crippen LogP contribution in [-0.2, 0) is 4.74 Å². The molecular weight excluding hydrogens is 327 g/mol. The largest absolute Gasteiger partial charge is 1.00 e. The Labute approximate surface area is 165 Å². The number of ether oxygens (including phenoxy) is 1. The van der Waals surface area contributed by atoms with Crippen LogP contribution in [0.5, 0.6) is 0 Å². The van der Waals surface area contributed by atoms with Crippen molar-refractivity contribution in [2.75, 3.05) is 25.1 Å². The van der Waals surface area contributed by atoms with Crippen LogP contribution in [0.3, 0.4) is 0 Å².